The van der Waals surface area contributed by atoms with Crippen molar-refractivity contribution in [3.8, 4) is 0 Å². The van der Waals surface area contributed by atoms with E-state index in [1.165, 1.54) is 12.1 Å². The molecule has 1 spiro atoms. The van der Waals surface area contributed by atoms with Crippen LogP contribution in [0.5, 0.6) is 0 Å². The quantitative estimate of drug-likeness (QED) is 0.663. The van der Waals surface area contributed by atoms with Gasteiger partial charge in [-0.3, -0.25) is 4.90 Å². The van der Waals surface area contributed by atoms with Crippen LogP contribution in [0.25, 0.3) is 0 Å². The zero-order chi connectivity index (χ0) is 23.1. The summed E-state index contributed by atoms with van der Waals surface area (Å²) in [4.78, 5) is 4.64. The Morgan fingerprint density at radius 2 is 1.67 bits per heavy atom. The van der Waals surface area contributed by atoms with E-state index >= 15 is 0 Å². The first-order valence-corrected chi connectivity index (χ1v) is 13.1. The molecule has 3 aliphatic rings. The van der Waals surface area contributed by atoms with Gasteiger partial charge >= 0.3 is 0 Å². The van der Waals surface area contributed by atoms with Crippen molar-refractivity contribution in [1.82, 2.24) is 9.21 Å². The van der Waals surface area contributed by atoms with Crippen LogP contribution in [0.3, 0.4) is 0 Å². The lowest BCUT2D eigenvalue weighted by Crippen LogP contribution is -2.67. The number of anilines is 1. The minimum atomic E-state index is -3.71. The van der Waals surface area contributed by atoms with Crippen molar-refractivity contribution in [3.63, 3.8) is 0 Å². The summed E-state index contributed by atoms with van der Waals surface area (Å²) < 4.78 is 55.0. The third-order valence-corrected chi connectivity index (χ3v) is 8.67. The monoisotopic (exact) mass is 475 g/mol. The Morgan fingerprint density at radius 1 is 1.00 bits per heavy atom. The highest BCUT2D eigenvalue weighted by molar-refractivity contribution is 7.89. The number of unbranched alkanes of at least 4 members (excludes halogenated alkanes) is 1. The predicted molar refractivity (Wildman–Crippen MR) is 123 cm³/mol. The fraction of sp³-hybridized carbons (Fsp3) is 0.500. The molecular formula is C24H30FN3O4S. The molecule has 0 N–H and O–H groups in total. The van der Waals surface area contributed by atoms with Gasteiger partial charge in [0.05, 0.1) is 18.1 Å². The van der Waals surface area contributed by atoms with E-state index in [0.717, 1.165) is 18.5 Å². The Balaban J connectivity index is 1.50. The van der Waals surface area contributed by atoms with Crippen molar-refractivity contribution < 1.29 is 22.3 Å². The number of hydrogen-bond acceptors (Lipinski definition) is 6. The van der Waals surface area contributed by atoms with E-state index in [1.807, 2.05) is 12.1 Å². The van der Waals surface area contributed by atoms with Gasteiger partial charge in [0.25, 0.3) is 0 Å². The normalized spacial score (nSPS) is 24.8. The molecule has 3 aliphatic heterocycles. The summed E-state index contributed by atoms with van der Waals surface area (Å²) >= 11 is 0. The first-order valence-electron chi connectivity index (χ1n) is 11.6. The SMILES string of the molecule is CCCCN1C(N2CCN(c3ccc(F)cc3)CC2)C2(OCCO2)c2ccccc2S1(=O)=O. The van der Waals surface area contributed by atoms with Gasteiger partial charge in [-0.25, -0.2) is 12.8 Å². The Hall–Kier alpha value is -2.04. The standard InChI is InChI=1S/C24H30FN3O4S/c1-2-3-12-28-23(27-15-13-26(14-16-27)20-10-8-19(25)9-11-20)24(31-17-18-32-24)21-6-4-5-7-22(21)33(28,29)30/h4-11,23H,2-3,12-18H2,1H3. The average Bonchev–Trinajstić information content (AvgIpc) is 3.32. The average molecular weight is 476 g/mol. The molecule has 7 nitrogen and oxygen atoms in total. The first kappa shape index (κ1) is 22.7. The molecule has 1 atom stereocenters. The maximum absolute atomic E-state index is 13.8. The third kappa shape index (κ3) is 3.85. The highest BCUT2D eigenvalue weighted by atomic mass is 32.2. The van der Waals surface area contributed by atoms with Gasteiger partial charge in [-0.05, 0) is 36.8 Å². The highest BCUT2D eigenvalue weighted by Crippen LogP contribution is 2.47. The Kier molecular flexibility index (Phi) is 6.17. The van der Waals surface area contributed by atoms with Gasteiger partial charge in [-0.1, -0.05) is 31.5 Å². The third-order valence-electron chi connectivity index (χ3n) is 6.76. The Morgan fingerprint density at radius 3 is 2.33 bits per heavy atom. The topological polar surface area (TPSA) is 62.3 Å². The molecule has 3 heterocycles. The number of hydrogen-bond donors (Lipinski definition) is 0. The van der Waals surface area contributed by atoms with Crippen LogP contribution in [0, 0.1) is 5.82 Å². The minimum absolute atomic E-state index is 0.257. The molecule has 0 radical (unpaired) electrons. The zero-order valence-corrected chi connectivity index (χ0v) is 19.6. The van der Waals surface area contributed by atoms with Crippen LogP contribution in [-0.4, -0.2) is 69.7 Å². The first-order chi connectivity index (χ1) is 16.0. The number of fused-ring (bicyclic) bond motifs is 2. The predicted octanol–water partition coefficient (Wildman–Crippen LogP) is 2.98. The van der Waals surface area contributed by atoms with Crippen LogP contribution in [0.2, 0.25) is 0 Å². The molecule has 33 heavy (non-hydrogen) atoms. The molecule has 2 aromatic rings. The fourth-order valence-corrected chi connectivity index (χ4v) is 7.05. The Bertz CT molecular complexity index is 1080. The van der Waals surface area contributed by atoms with E-state index in [9.17, 15) is 12.8 Å². The molecule has 2 aromatic carbocycles. The number of piperazine rings is 1. The summed E-state index contributed by atoms with van der Waals surface area (Å²) in [5.74, 6) is -1.40. The number of sulfonamides is 1. The maximum atomic E-state index is 13.8. The summed E-state index contributed by atoms with van der Waals surface area (Å²) in [6.07, 6.45) is 1.05. The van der Waals surface area contributed by atoms with Crippen molar-refractivity contribution in [2.24, 2.45) is 0 Å². The molecule has 0 bridgehead atoms. The van der Waals surface area contributed by atoms with E-state index in [2.05, 4.69) is 16.7 Å². The molecule has 0 saturated carbocycles. The van der Waals surface area contributed by atoms with Crippen LogP contribution in [-0.2, 0) is 25.3 Å². The number of rotatable bonds is 5. The highest BCUT2D eigenvalue weighted by Gasteiger charge is 2.59. The molecule has 0 aromatic heterocycles. The molecule has 0 aliphatic carbocycles. The molecule has 5 rings (SSSR count). The number of benzene rings is 2. The van der Waals surface area contributed by atoms with Gasteiger partial charge in [0.1, 0.15) is 12.0 Å². The lowest BCUT2D eigenvalue weighted by molar-refractivity contribution is -0.241. The molecule has 9 heteroatoms. The van der Waals surface area contributed by atoms with Crippen LogP contribution in [0.1, 0.15) is 25.3 Å². The van der Waals surface area contributed by atoms with E-state index in [1.54, 1.807) is 28.6 Å². The van der Waals surface area contributed by atoms with Crippen LogP contribution >= 0.6 is 0 Å². The molecular weight excluding hydrogens is 445 g/mol. The fourth-order valence-electron chi connectivity index (χ4n) is 5.15. The maximum Gasteiger partial charge on any atom is 0.245 e. The van der Waals surface area contributed by atoms with Gasteiger partial charge in [0.2, 0.25) is 15.8 Å². The second-order valence-electron chi connectivity index (χ2n) is 8.70. The largest absolute Gasteiger partial charge is 0.369 e. The number of nitrogens with zero attached hydrogens (tertiary/aromatic N) is 3. The van der Waals surface area contributed by atoms with Crippen molar-refractivity contribution in [2.45, 2.75) is 36.6 Å². The van der Waals surface area contributed by atoms with Crippen LogP contribution in [0.4, 0.5) is 10.1 Å². The molecule has 2 saturated heterocycles. The van der Waals surface area contributed by atoms with Crippen molar-refractivity contribution in [1.29, 1.82) is 0 Å². The number of ether oxygens (including phenoxy) is 2. The smallest absolute Gasteiger partial charge is 0.245 e. The van der Waals surface area contributed by atoms with E-state index in [4.69, 9.17) is 9.47 Å². The lowest BCUT2D eigenvalue weighted by atomic mass is 9.99. The molecule has 178 valence electrons. The molecule has 0 amide bonds. The van der Waals surface area contributed by atoms with Gasteiger partial charge in [0, 0.05) is 44.0 Å². The van der Waals surface area contributed by atoms with Crippen molar-refractivity contribution in [3.05, 3.63) is 59.9 Å². The van der Waals surface area contributed by atoms with Gasteiger partial charge < -0.3 is 14.4 Å². The summed E-state index contributed by atoms with van der Waals surface area (Å²) in [5.41, 5.74) is 1.55. The molecule has 2 fully saturated rings. The molecule has 1 unspecified atom stereocenters. The van der Waals surface area contributed by atoms with Crippen LogP contribution < -0.4 is 4.90 Å². The second kappa shape index (κ2) is 8.96. The van der Waals surface area contributed by atoms with Crippen molar-refractivity contribution >= 4 is 15.7 Å². The summed E-state index contributed by atoms with van der Waals surface area (Å²) in [5, 5.41) is 0. The zero-order valence-electron chi connectivity index (χ0n) is 18.8. The minimum Gasteiger partial charge on any atom is -0.369 e. The number of halogens is 1. The van der Waals surface area contributed by atoms with Crippen LogP contribution in [0.15, 0.2) is 53.4 Å². The van der Waals surface area contributed by atoms with E-state index < -0.39 is 22.0 Å². The summed E-state index contributed by atoms with van der Waals surface area (Å²) in [6, 6.07) is 13.6. The summed E-state index contributed by atoms with van der Waals surface area (Å²) in [6.45, 7) is 5.96. The van der Waals surface area contributed by atoms with Gasteiger partial charge in [0.15, 0.2) is 0 Å². The second-order valence-corrected chi connectivity index (χ2v) is 10.6. The Labute approximate surface area is 194 Å². The van der Waals surface area contributed by atoms with Gasteiger partial charge in [-0.15, -0.1) is 0 Å². The van der Waals surface area contributed by atoms with Gasteiger partial charge in [-0.2, -0.15) is 4.31 Å². The lowest BCUT2D eigenvalue weighted by Gasteiger charge is -2.52. The summed E-state index contributed by atoms with van der Waals surface area (Å²) in [7, 11) is -3.71. The van der Waals surface area contributed by atoms with E-state index in [0.29, 0.717) is 51.5 Å². The van der Waals surface area contributed by atoms with E-state index in [-0.39, 0.29) is 10.7 Å². The van der Waals surface area contributed by atoms with Crippen molar-refractivity contribution in [2.75, 3.05) is 50.8 Å².